The highest BCUT2D eigenvalue weighted by Crippen LogP contribution is 2.53. The van der Waals surface area contributed by atoms with Crippen molar-refractivity contribution in [1.29, 1.82) is 0 Å². The summed E-state index contributed by atoms with van der Waals surface area (Å²) >= 11 is 1.29. The zero-order valence-electron chi connectivity index (χ0n) is 24.3. The Hall–Kier alpha value is -3.49. The normalized spacial score (nSPS) is 26.1. The van der Waals surface area contributed by atoms with Crippen LogP contribution in [0.3, 0.4) is 0 Å². The van der Waals surface area contributed by atoms with Crippen molar-refractivity contribution in [3.63, 3.8) is 0 Å². The number of para-hydroxylation sites is 1. The van der Waals surface area contributed by atoms with Gasteiger partial charge < -0.3 is 24.0 Å². The van der Waals surface area contributed by atoms with E-state index in [9.17, 15) is 9.59 Å². The lowest BCUT2D eigenvalue weighted by Crippen LogP contribution is -2.62. The predicted molar refractivity (Wildman–Crippen MR) is 162 cm³/mol. The molecular weight excluding hydrogens is 536 g/mol. The van der Waals surface area contributed by atoms with Crippen LogP contribution in [-0.4, -0.2) is 53.7 Å². The number of carbonyl (C=O) groups excluding carboxylic acids is 2. The van der Waals surface area contributed by atoms with Gasteiger partial charge in [0.15, 0.2) is 4.93 Å². The number of carbonyl (C=O) groups is 2. The summed E-state index contributed by atoms with van der Waals surface area (Å²) in [4.78, 5) is 29.9. The smallest absolute Gasteiger partial charge is 0.265 e. The van der Waals surface area contributed by atoms with E-state index < -0.39 is 10.2 Å². The molecule has 0 bridgehead atoms. The summed E-state index contributed by atoms with van der Waals surface area (Å²) in [5.74, 6) is 1.13. The van der Waals surface area contributed by atoms with Crippen LogP contribution in [0, 0.1) is 0 Å². The van der Waals surface area contributed by atoms with Crippen molar-refractivity contribution < 1.29 is 23.8 Å². The van der Waals surface area contributed by atoms with Crippen LogP contribution in [0.25, 0.3) is 0 Å². The number of thioether (sulfide) groups is 1. The van der Waals surface area contributed by atoms with Gasteiger partial charge in [-0.05, 0) is 50.1 Å². The maximum absolute atomic E-state index is 13.9. The number of benzene rings is 3. The zero-order chi connectivity index (χ0) is 29.1. The van der Waals surface area contributed by atoms with Crippen LogP contribution in [0.1, 0.15) is 56.9 Å². The number of morpholine rings is 1. The summed E-state index contributed by atoms with van der Waals surface area (Å²) in [7, 11) is 3.43. The molecule has 2 saturated heterocycles. The molecule has 3 aromatic carbocycles. The number of unbranched alkanes of at least 4 members (excludes halogenated alkanes) is 1. The molecule has 0 saturated carbocycles. The van der Waals surface area contributed by atoms with Gasteiger partial charge in [0.25, 0.3) is 5.91 Å². The minimum Gasteiger partial charge on any atom is -0.497 e. The van der Waals surface area contributed by atoms with E-state index in [1.165, 1.54) is 11.8 Å². The number of amides is 2. The van der Waals surface area contributed by atoms with Crippen LogP contribution in [0.15, 0.2) is 78.9 Å². The maximum Gasteiger partial charge on any atom is 0.265 e. The Kier molecular flexibility index (Phi) is 8.61. The van der Waals surface area contributed by atoms with Crippen LogP contribution in [0.5, 0.6) is 11.5 Å². The molecule has 2 amide bonds. The van der Waals surface area contributed by atoms with Gasteiger partial charge in [-0.2, -0.15) is 0 Å². The summed E-state index contributed by atoms with van der Waals surface area (Å²) in [6, 6.07) is 24.8. The van der Waals surface area contributed by atoms with E-state index in [4.69, 9.17) is 14.2 Å². The van der Waals surface area contributed by atoms with E-state index >= 15 is 0 Å². The fourth-order valence-corrected chi connectivity index (χ4v) is 7.00. The lowest BCUT2D eigenvalue weighted by atomic mass is 9.91. The number of anilines is 1. The highest BCUT2D eigenvalue weighted by Gasteiger charge is 2.57. The van der Waals surface area contributed by atoms with Gasteiger partial charge >= 0.3 is 0 Å². The molecule has 0 N–H and O–H groups in total. The second-order valence-corrected chi connectivity index (χ2v) is 12.2. The lowest BCUT2D eigenvalue weighted by molar-refractivity contribution is -0.173. The highest BCUT2D eigenvalue weighted by molar-refractivity contribution is 8.02. The number of likely N-dealkylation sites (N-methyl/N-ethyl adjacent to an activating group) is 1. The number of rotatable bonds is 10. The van der Waals surface area contributed by atoms with Gasteiger partial charge in [0, 0.05) is 24.4 Å². The molecule has 0 radical (unpaired) electrons. The molecule has 8 heteroatoms. The van der Waals surface area contributed by atoms with Gasteiger partial charge in [0.2, 0.25) is 5.91 Å². The number of ether oxygens (including phenoxy) is 3. The van der Waals surface area contributed by atoms with E-state index in [1.807, 2.05) is 92.8 Å². The predicted octanol–water partition coefficient (Wildman–Crippen LogP) is 6.40. The molecule has 2 heterocycles. The van der Waals surface area contributed by atoms with Crippen molar-refractivity contribution in [2.24, 2.45) is 0 Å². The van der Waals surface area contributed by atoms with E-state index in [0.29, 0.717) is 18.1 Å². The van der Waals surface area contributed by atoms with E-state index in [-0.39, 0.29) is 30.0 Å². The third-order valence-corrected chi connectivity index (χ3v) is 9.40. The second-order valence-electron chi connectivity index (χ2n) is 10.7. The molecule has 41 heavy (non-hydrogen) atoms. The van der Waals surface area contributed by atoms with Gasteiger partial charge in [0.05, 0.1) is 25.8 Å². The average molecular weight is 575 g/mol. The Morgan fingerprint density at radius 2 is 1.68 bits per heavy atom. The number of nitrogens with zero attached hydrogens (tertiary/aromatic N) is 2. The fourth-order valence-electron chi connectivity index (χ4n) is 5.50. The second kappa shape index (κ2) is 12.2. The Morgan fingerprint density at radius 1 is 1.00 bits per heavy atom. The number of methoxy groups -OCH3 is 1. The van der Waals surface area contributed by atoms with Crippen molar-refractivity contribution >= 4 is 29.3 Å². The molecule has 0 aliphatic carbocycles. The molecule has 216 valence electrons. The Morgan fingerprint density at radius 3 is 2.34 bits per heavy atom. The molecule has 0 aromatic heterocycles. The molecule has 2 aliphatic rings. The quantitative estimate of drug-likeness (QED) is 0.206. The van der Waals surface area contributed by atoms with Gasteiger partial charge in [-0.1, -0.05) is 61.9 Å². The highest BCUT2D eigenvalue weighted by atomic mass is 32.2. The first-order valence-corrected chi connectivity index (χ1v) is 15.0. The van der Waals surface area contributed by atoms with E-state index in [2.05, 4.69) is 6.92 Å². The third-order valence-electron chi connectivity index (χ3n) is 7.96. The first-order valence-electron chi connectivity index (χ1n) is 14.2. The molecule has 2 aliphatic heterocycles. The van der Waals surface area contributed by atoms with Crippen LogP contribution < -0.4 is 14.4 Å². The van der Waals surface area contributed by atoms with Gasteiger partial charge in [-0.15, -0.1) is 11.8 Å². The summed E-state index contributed by atoms with van der Waals surface area (Å²) in [5, 5.41) is -0.565. The monoisotopic (exact) mass is 574 g/mol. The zero-order valence-corrected chi connectivity index (χ0v) is 25.1. The molecule has 5 rings (SSSR count). The minimum atomic E-state index is -1.27. The topological polar surface area (TPSA) is 68.3 Å². The molecule has 7 nitrogen and oxygen atoms in total. The SMILES string of the molecule is CCCCOc1cc(OC)ccc1[C@@H]1[C@H](S[C@@]2(C)O[C@H](c3ccccc3)[C@H](C)N(C)C2=O)C(=O)N1c1ccccc1. The Balaban J connectivity index is 1.52. The molecule has 0 spiro atoms. The standard InChI is InChI=1S/C33H38N2O5S/c1-6-7-20-39-27-21-25(38-5)18-19-26(27)28-30(31(36)35(28)24-16-12-9-13-17-24)41-33(3)32(37)34(4)22(2)29(40-33)23-14-10-8-11-15-23/h8-19,21-22,28-30H,6-7,20H2,1-5H3/t22-,28+,29-,30-,33+/m0/s1. The van der Waals surface area contributed by atoms with E-state index in [1.54, 1.807) is 23.8 Å². The summed E-state index contributed by atoms with van der Waals surface area (Å²) in [6.45, 7) is 6.46. The number of hydrogen-bond acceptors (Lipinski definition) is 6. The van der Waals surface area contributed by atoms with Crippen molar-refractivity contribution in [2.45, 2.75) is 62.0 Å². The molecular formula is C33H38N2O5S. The Labute approximate surface area is 246 Å². The summed E-state index contributed by atoms with van der Waals surface area (Å²) in [6.07, 6.45) is 1.58. The number of hydrogen-bond donors (Lipinski definition) is 0. The summed E-state index contributed by atoms with van der Waals surface area (Å²) < 4.78 is 18.4. The van der Waals surface area contributed by atoms with E-state index in [0.717, 1.165) is 29.7 Å². The first-order chi connectivity index (χ1) is 19.8. The molecule has 0 unspecified atom stereocenters. The Bertz CT molecular complexity index is 1370. The van der Waals surface area contributed by atoms with Crippen molar-refractivity contribution in [2.75, 3.05) is 25.7 Å². The average Bonchev–Trinajstić information content (AvgIpc) is 3.00. The maximum atomic E-state index is 13.9. The first kappa shape index (κ1) is 29.0. The fraction of sp³-hybridized carbons (Fsp3) is 0.394. The van der Waals surface area contributed by atoms with Crippen molar-refractivity contribution in [1.82, 2.24) is 4.90 Å². The molecule has 2 fully saturated rings. The van der Waals surface area contributed by atoms with Crippen LogP contribution in [-0.2, 0) is 14.3 Å². The number of β-lactam (4-membered cyclic amide) rings is 1. The van der Waals surface area contributed by atoms with Crippen LogP contribution in [0.2, 0.25) is 0 Å². The third kappa shape index (κ3) is 5.55. The van der Waals surface area contributed by atoms with Crippen LogP contribution in [0.4, 0.5) is 5.69 Å². The van der Waals surface area contributed by atoms with Gasteiger partial charge in [-0.25, -0.2) is 0 Å². The van der Waals surface area contributed by atoms with Crippen molar-refractivity contribution in [3.05, 3.63) is 90.0 Å². The minimum absolute atomic E-state index is 0.0725. The molecule has 5 atom stereocenters. The van der Waals surface area contributed by atoms with Gasteiger partial charge in [0.1, 0.15) is 22.9 Å². The lowest BCUT2D eigenvalue weighted by Gasteiger charge is -2.52. The summed E-state index contributed by atoms with van der Waals surface area (Å²) in [5.41, 5.74) is 2.66. The van der Waals surface area contributed by atoms with Crippen molar-refractivity contribution in [3.8, 4) is 11.5 Å². The van der Waals surface area contributed by atoms with Crippen LogP contribution >= 0.6 is 11.8 Å². The molecule has 3 aromatic rings. The van der Waals surface area contributed by atoms with Gasteiger partial charge in [-0.3, -0.25) is 9.59 Å². The largest absolute Gasteiger partial charge is 0.497 e.